The Hall–Kier alpha value is -1.60. The number of nitrogens with zero attached hydrogens (tertiary/aromatic N) is 1. The molecule has 20 heavy (non-hydrogen) atoms. The zero-order valence-corrected chi connectivity index (χ0v) is 13.0. The fourth-order valence-corrected chi connectivity index (χ4v) is 3.38. The summed E-state index contributed by atoms with van der Waals surface area (Å²) in [7, 11) is -3.41. The van der Waals surface area contributed by atoms with Crippen LogP contribution in [-0.2, 0) is 16.4 Å². The topological polar surface area (TPSA) is 85.1 Å². The lowest BCUT2D eigenvalue weighted by molar-refractivity contribution is 0.600. The smallest absolute Gasteiger partial charge is 0.233 e. The van der Waals surface area contributed by atoms with Crippen LogP contribution in [0.15, 0.2) is 47.2 Å². The van der Waals surface area contributed by atoms with E-state index < -0.39 is 10.0 Å². The summed E-state index contributed by atoms with van der Waals surface area (Å²) in [6.07, 6.45) is 3.72. The van der Waals surface area contributed by atoms with Crippen LogP contribution in [-0.4, -0.2) is 19.2 Å². The summed E-state index contributed by atoms with van der Waals surface area (Å²) in [5.74, 6) is 0.00777. The van der Waals surface area contributed by atoms with Crippen LogP contribution in [0.3, 0.4) is 0 Å². The van der Waals surface area contributed by atoms with Crippen molar-refractivity contribution in [3.8, 4) is 0 Å². The minimum Gasteiger partial charge on any atom is -0.399 e. The third kappa shape index (κ3) is 4.21. The molecule has 3 N–H and O–H groups in total. The molecule has 0 amide bonds. The first-order valence-corrected chi connectivity index (χ1v) is 8.35. The van der Waals surface area contributed by atoms with Crippen LogP contribution < -0.4 is 10.5 Å². The quantitative estimate of drug-likeness (QED) is 0.806. The Bertz CT molecular complexity index is 690. The Balaban J connectivity index is 2.04. The van der Waals surface area contributed by atoms with Crippen molar-refractivity contribution in [2.45, 2.75) is 6.42 Å². The Morgan fingerprint density at radius 2 is 1.90 bits per heavy atom. The monoisotopic (exact) mass is 355 g/mol. The summed E-state index contributed by atoms with van der Waals surface area (Å²) in [6.45, 7) is 0. The summed E-state index contributed by atoms with van der Waals surface area (Å²) < 4.78 is 27.2. The predicted molar refractivity (Wildman–Crippen MR) is 83.9 cm³/mol. The van der Waals surface area contributed by atoms with Gasteiger partial charge < -0.3 is 5.73 Å². The zero-order chi connectivity index (χ0) is 14.6. The Morgan fingerprint density at radius 1 is 1.20 bits per heavy atom. The van der Waals surface area contributed by atoms with Gasteiger partial charge in [0.1, 0.15) is 0 Å². The highest BCUT2D eigenvalue weighted by Gasteiger charge is 2.12. The molecule has 0 bridgehead atoms. The summed E-state index contributed by atoms with van der Waals surface area (Å²) >= 11 is 3.28. The number of nitrogens with one attached hydrogen (secondary N) is 1. The molecule has 2 rings (SSSR count). The molecular weight excluding hydrogens is 342 g/mol. The Morgan fingerprint density at radius 3 is 2.55 bits per heavy atom. The summed E-state index contributed by atoms with van der Waals surface area (Å²) in [5, 5.41) is 0. The van der Waals surface area contributed by atoms with Gasteiger partial charge in [0.05, 0.1) is 11.4 Å². The van der Waals surface area contributed by atoms with Crippen LogP contribution >= 0.6 is 15.9 Å². The van der Waals surface area contributed by atoms with Gasteiger partial charge in [0.2, 0.25) is 10.0 Å². The first-order valence-electron chi connectivity index (χ1n) is 5.91. The number of hydrogen-bond donors (Lipinski definition) is 2. The number of benzene rings is 1. The molecule has 5 nitrogen and oxygen atoms in total. The molecule has 0 atom stereocenters. The molecule has 0 fully saturated rings. The van der Waals surface area contributed by atoms with Crippen LogP contribution in [0.25, 0.3) is 0 Å². The predicted octanol–water partition coefficient (Wildman–Crippen LogP) is 2.41. The molecule has 0 saturated carbocycles. The van der Waals surface area contributed by atoms with E-state index in [2.05, 4.69) is 25.6 Å². The molecule has 1 heterocycles. The molecule has 0 saturated heterocycles. The molecular formula is C13H14BrN3O2S. The maximum absolute atomic E-state index is 12.0. The second kappa shape index (κ2) is 6.23. The maximum Gasteiger partial charge on any atom is 0.233 e. The summed E-state index contributed by atoms with van der Waals surface area (Å²) in [4.78, 5) is 3.89. The van der Waals surface area contributed by atoms with Gasteiger partial charge in [0.15, 0.2) is 0 Å². The lowest BCUT2D eigenvalue weighted by Crippen LogP contribution is -2.18. The highest BCUT2D eigenvalue weighted by molar-refractivity contribution is 9.10. The largest absolute Gasteiger partial charge is 0.399 e. The number of aromatic nitrogens is 1. The molecule has 0 aliphatic rings. The van der Waals surface area contributed by atoms with Gasteiger partial charge in [-0.25, -0.2) is 8.42 Å². The van der Waals surface area contributed by atoms with E-state index in [-0.39, 0.29) is 5.75 Å². The standard InChI is InChI=1S/C13H14BrN3O2S/c14-12-9-11(15)1-2-13(12)17-20(18,19)8-5-10-3-6-16-7-4-10/h1-4,6-7,9,17H,5,8,15H2. The van der Waals surface area contributed by atoms with Crippen LogP contribution in [0.5, 0.6) is 0 Å². The number of aryl methyl sites for hydroxylation is 1. The number of sulfonamides is 1. The number of anilines is 2. The molecule has 7 heteroatoms. The first kappa shape index (κ1) is 14.8. The lowest BCUT2D eigenvalue weighted by Gasteiger charge is -2.10. The van der Waals surface area contributed by atoms with Crippen LogP contribution in [0.2, 0.25) is 0 Å². The van der Waals surface area contributed by atoms with Crippen LogP contribution in [0.4, 0.5) is 11.4 Å². The fraction of sp³-hybridized carbons (Fsp3) is 0.154. The van der Waals surface area contributed by atoms with Gasteiger partial charge in [0, 0.05) is 22.6 Å². The van der Waals surface area contributed by atoms with Crippen molar-refractivity contribution < 1.29 is 8.42 Å². The van der Waals surface area contributed by atoms with Crippen molar-refractivity contribution in [3.05, 3.63) is 52.8 Å². The first-order chi connectivity index (χ1) is 9.46. The molecule has 0 aliphatic carbocycles. The fourth-order valence-electron chi connectivity index (χ4n) is 1.63. The van der Waals surface area contributed by atoms with Crippen molar-refractivity contribution in [1.82, 2.24) is 4.98 Å². The normalized spacial score (nSPS) is 11.2. The number of nitrogen functional groups attached to an aromatic ring is 1. The molecule has 0 radical (unpaired) electrons. The van der Waals surface area contributed by atoms with E-state index in [1.165, 1.54) is 0 Å². The second-order valence-corrected chi connectivity index (χ2v) is 6.96. The molecule has 1 aromatic heterocycles. The van der Waals surface area contributed by atoms with Crippen molar-refractivity contribution in [2.24, 2.45) is 0 Å². The van der Waals surface area contributed by atoms with Gasteiger partial charge in [-0.3, -0.25) is 9.71 Å². The van der Waals surface area contributed by atoms with Crippen molar-refractivity contribution in [3.63, 3.8) is 0 Å². The number of nitrogens with two attached hydrogens (primary N) is 1. The van der Waals surface area contributed by atoms with Crippen molar-refractivity contribution in [1.29, 1.82) is 0 Å². The third-order valence-electron chi connectivity index (χ3n) is 2.67. The van der Waals surface area contributed by atoms with E-state index in [4.69, 9.17) is 5.73 Å². The third-order valence-corrected chi connectivity index (χ3v) is 4.60. The Kier molecular flexibility index (Phi) is 4.61. The van der Waals surface area contributed by atoms with Crippen molar-refractivity contribution >= 4 is 37.3 Å². The molecule has 0 aliphatic heterocycles. The van der Waals surface area contributed by atoms with Gasteiger partial charge in [0.25, 0.3) is 0 Å². The lowest BCUT2D eigenvalue weighted by atomic mass is 10.2. The molecule has 0 unspecified atom stereocenters. The van der Waals surface area contributed by atoms with Crippen molar-refractivity contribution in [2.75, 3.05) is 16.2 Å². The van der Waals surface area contributed by atoms with E-state index in [9.17, 15) is 8.42 Å². The van der Waals surface area contributed by atoms with E-state index in [1.807, 2.05) is 0 Å². The van der Waals surface area contributed by atoms with Gasteiger partial charge in [-0.05, 0) is 58.2 Å². The maximum atomic E-state index is 12.0. The number of halogens is 1. The minimum atomic E-state index is -3.41. The zero-order valence-electron chi connectivity index (χ0n) is 10.6. The molecule has 0 spiro atoms. The molecule has 2 aromatic rings. The van der Waals surface area contributed by atoms with Gasteiger partial charge in [-0.15, -0.1) is 0 Å². The average Bonchev–Trinajstić information content (AvgIpc) is 2.41. The van der Waals surface area contributed by atoms with Gasteiger partial charge >= 0.3 is 0 Å². The molecule has 1 aromatic carbocycles. The van der Waals surface area contributed by atoms with E-state index >= 15 is 0 Å². The summed E-state index contributed by atoms with van der Waals surface area (Å²) in [5.41, 5.74) is 7.59. The highest BCUT2D eigenvalue weighted by Crippen LogP contribution is 2.25. The minimum absolute atomic E-state index is 0.00777. The average molecular weight is 356 g/mol. The van der Waals surface area contributed by atoms with E-state index in [0.717, 1.165) is 5.56 Å². The van der Waals surface area contributed by atoms with Gasteiger partial charge in [-0.2, -0.15) is 0 Å². The van der Waals surface area contributed by atoms with E-state index in [1.54, 1.807) is 42.7 Å². The summed E-state index contributed by atoms with van der Waals surface area (Å²) in [6, 6.07) is 8.53. The second-order valence-electron chi connectivity index (χ2n) is 4.27. The number of rotatable bonds is 5. The molecule has 106 valence electrons. The van der Waals surface area contributed by atoms with Crippen LogP contribution in [0.1, 0.15) is 5.56 Å². The number of hydrogen-bond acceptors (Lipinski definition) is 4. The van der Waals surface area contributed by atoms with Gasteiger partial charge in [-0.1, -0.05) is 0 Å². The highest BCUT2D eigenvalue weighted by atomic mass is 79.9. The van der Waals surface area contributed by atoms with E-state index in [0.29, 0.717) is 22.3 Å². The van der Waals surface area contributed by atoms with Crippen LogP contribution in [0, 0.1) is 0 Å². The number of pyridine rings is 1. The Labute approximate surface area is 126 Å². The SMILES string of the molecule is Nc1ccc(NS(=O)(=O)CCc2ccncc2)c(Br)c1.